The fourth-order valence-corrected chi connectivity index (χ4v) is 2.74. The van der Waals surface area contributed by atoms with Gasteiger partial charge in [0.05, 0.1) is 9.26 Å². The molecule has 0 aliphatic rings. The smallest absolute Gasteiger partial charge is 0.199 e. The van der Waals surface area contributed by atoms with Crippen molar-refractivity contribution in [3.05, 3.63) is 32.4 Å². The molecule has 0 saturated carbocycles. The second-order valence-corrected chi connectivity index (χ2v) is 6.77. The molecule has 0 unspecified atom stereocenters. The summed E-state index contributed by atoms with van der Waals surface area (Å²) in [4.78, 5) is 17.3. The summed E-state index contributed by atoms with van der Waals surface area (Å²) >= 11 is 8.37. The molecule has 6 heteroatoms. The predicted octanol–water partition coefficient (Wildman–Crippen LogP) is 3.80. The number of hydrogen-bond donors (Lipinski definition) is 0. The highest BCUT2D eigenvalue weighted by atomic mass is 127. The van der Waals surface area contributed by atoms with Crippen LogP contribution in [-0.2, 0) is 5.41 Å². The van der Waals surface area contributed by atoms with Gasteiger partial charge in [-0.2, -0.15) is 0 Å². The van der Waals surface area contributed by atoms with Gasteiger partial charge in [-0.3, -0.25) is 0 Å². The average Bonchev–Trinajstić information content (AvgIpc) is 2.32. The van der Waals surface area contributed by atoms with Gasteiger partial charge in [-0.25, -0.2) is 19.9 Å². The molecule has 2 aromatic heterocycles. The van der Waals surface area contributed by atoms with E-state index in [1.165, 1.54) is 0 Å². The van der Waals surface area contributed by atoms with Crippen molar-refractivity contribution in [2.45, 2.75) is 33.1 Å². The molecule has 0 aromatic carbocycles. The summed E-state index contributed by atoms with van der Waals surface area (Å²) in [6, 6.07) is 0. The molecule has 0 saturated heterocycles. The second-order valence-electron chi connectivity index (χ2n) is 5.33. The van der Waals surface area contributed by atoms with Crippen LogP contribution in [0.1, 0.15) is 32.0 Å². The van der Waals surface area contributed by atoms with Crippen LogP contribution in [0.3, 0.4) is 0 Å². The molecule has 0 aliphatic carbocycles. The minimum absolute atomic E-state index is 0.109. The van der Waals surface area contributed by atoms with Crippen LogP contribution in [0.4, 0.5) is 0 Å². The molecule has 100 valence electrons. The van der Waals surface area contributed by atoms with Gasteiger partial charge >= 0.3 is 0 Å². The van der Waals surface area contributed by atoms with E-state index in [-0.39, 0.29) is 5.41 Å². The maximum atomic E-state index is 6.19. The number of hydrogen-bond acceptors (Lipinski definition) is 4. The molecule has 0 aliphatic heterocycles. The Morgan fingerprint density at radius 3 is 2.16 bits per heavy atom. The van der Waals surface area contributed by atoms with E-state index < -0.39 is 0 Å². The van der Waals surface area contributed by atoms with E-state index in [0.29, 0.717) is 16.8 Å². The Bertz CT molecular complexity index is 605. The number of rotatable bonds is 1. The molecule has 0 fully saturated rings. The highest BCUT2D eigenvalue weighted by Crippen LogP contribution is 2.30. The van der Waals surface area contributed by atoms with E-state index in [0.717, 1.165) is 14.8 Å². The highest BCUT2D eigenvalue weighted by molar-refractivity contribution is 14.1. The summed E-state index contributed by atoms with van der Waals surface area (Å²) in [6.07, 6.45) is 3.49. The van der Waals surface area contributed by atoms with Crippen LogP contribution < -0.4 is 0 Å². The standard InChI is InChI=1S/C13H14ClIN4/c1-7-5-16-11(17-6-7)12-18-9(13(2,3)4)8(15)10(14)19-12/h5-6H,1-4H3. The summed E-state index contributed by atoms with van der Waals surface area (Å²) in [5.74, 6) is 0.963. The molecule has 0 amide bonds. The SMILES string of the molecule is Cc1cnc(-c2nc(Cl)c(I)c(C(C)(C)C)n2)nc1. The quantitative estimate of drug-likeness (QED) is 0.551. The molecule has 2 heterocycles. The van der Waals surface area contributed by atoms with Gasteiger partial charge in [0.1, 0.15) is 5.15 Å². The van der Waals surface area contributed by atoms with Gasteiger partial charge in [-0.05, 0) is 35.1 Å². The highest BCUT2D eigenvalue weighted by Gasteiger charge is 2.23. The summed E-state index contributed by atoms with van der Waals surface area (Å²) in [7, 11) is 0. The van der Waals surface area contributed by atoms with Crippen molar-refractivity contribution in [2.75, 3.05) is 0 Å². The lowest BCUT2D eigenvalue weighted by molar-refractivity contribution is 0.563. The topological polar surface area (TPSA) is 51.6 Å². The monoisotopic (exact) mass is 388 g/mol. The van der Waals surface area contributed by atoms with Gasteiger partial charge in [0.15, 0.2) is 11.6 Å². The maximum absolute atomic E-state index is 6.19. The first-order chi connectivity index (χ1) is 8.79. The summed E-state index contributed by atoms with van der Waals surface area (Å²) < 4.78 is 0.877. The van der Waals surface area contributed by atoms with Crippen molar-refractivity contribution in [3.63, 3.8) is 0 Å². The summed E-state index contributed by atoms with van der Waals surface area (Å²) in [5.41, 5.74) is 1.80. The Morgan fingerprint density at radius 2 is 1.63 bits per heavy atom. The number of nitrogens with zero attached hydrogens (tertiary/aromatic N) is 4. The van der Waals surface area contributed by atoms with Crippen LogP contribution in [0.2, 0.25) is 5.15 Å². The van der Waals surface area contributed by atoms with Crippen molar-refractivity contribution in [3.8, 4) is 11.6 Å². The first kappa shape index (κ1) is 14.6. The van der Waals surface area contributed by atoms with Crippen molar-refractivity contribution in [1.82, 2.24) is 19.9 Å². The Morgan fingerprint density at radius 1 is 1.05 bits per heavy atom. The second kappa shape index (κ2) is 5.28. The van der Waals surface area contributed by atoms with Crippen molar-refractivity contribution in [2.24, 2.45) is 0 Å². The van der Waals surface area contributed by atoms with E-state index in [1.54, 1.807) is 12.4 Å². The zero-order valence-corrected chi connectivity index (χ0v) is 14.1. The molecule has 0 N–H and O–H groups in total. The minimum Gasteiger partial charge on any atom is -0.234 e. The van der Waals surface area contributed by atoms with Gasteiger partial charge in [-0.1, -0.05) is 32.4 Å². The molecule has 0 radical (unpaired) electrons. The fraction of sp³-hybridized carbons (Fsp3) is 0.385. The van der Waals surface area contributed by atoms with E-state index >= 15 is 0 Å². The maximum Gasteiger partial charge on any atom is 0.199 e. The van der Waals surface area contributed by atoms with E-state index in [9.17, 15) is 0 Å². The summed E-state index contributed by atoms with van der Waals surface area (Å²) in [5, 5.41) is 0.444. The van der Waals surface area contributed by atoms with Gasteiger partial charge in [-0.15, -0.1) is 0 Å². The normalized spacial score (nSPS) is 11.7. The van der Waals surface area contributed by atoms with E-state index in [2.05, 4.69) is 63.3 Å². The lowest BCUT2D eigenvalue weighted by atomic mass is 9.92. The third-order valence-electron chi connectivity index (χ3n) is 2.50. The Balaban J connectivity index is 2.60. The largest absolute Gasteiger partial charge is 0.234 e. The molecule has 2 aromatic rings. The van der Waals surface area contributed by atoms with Gasteiger partial charge in [0.25, 0.3) is 0 Å². The first-order valence-electron chi connectivity index (χ1n) is 5.81. The average molecular weight is 389 g/mol. The molecule has 2 rings (SSSR count). The summed E-state index contributed by atoms with van der Waals surface area (Å²) in [6.45, 7) is 8.21. The molecular weight excluding hydrogens is 375 g/mol. The lowest BCUT2D eigenvalue weighted by Gasteiger charge is -2.20. The number of halogens is 2. The minimum atomic E-state index is -0.109. The van der Waals surface area contributed by atoms with Crippen LogP contribution in [0, 0.1) is 10.5 Å². The Kier molecular flexibility index (Phi) is 4.06. The molecule has 0 atom stereocenters. The number of aryl methyl sites for hydroxylation is 1. The zero-order chi connectivity index (χ0) is 14.2. The Hall–Kier alpha value is -0.820. The fourth-order valence-electron chi connectivity index (χ4n) is 1.52. The van der Waals surface area contributed by atoms with Gasteiger partial charge in [0, 0.05) is 17.8 Å². The first-order valence-corrected chi connectivity index (χ1v) is 7.27. The van der Waals surface area contributed by atoms with Crippen molar-refractivity contribution < 1.29 is 0 Å². The molecule has 0 spiro atoms. The van der Waals surface area contributed by atoms with Gasteiger partial charge in [0.2, 0.25) is 0 Å². The molecule has 19 heavy (non-hydrogen) atoms. The lowest BCUT2D eigenvalue weighted by Crippen LogP contribution is -2.17. The van der Waals surface area contributed by atoms with Crippen molar-refractivity contribution in [1.29, 1.82) is 0 Å². The van der Waals surface area contributed by atoms with Crippen molar-refractivity contribution >= 4 is 34.2 Å². The van der Waals surface area contributed by atoms with Crippen LogP contribution in [0.25, 0.3) is 11.6 Å². The van der Waals surface area contributed by atoms with E-state index in [4.69, 9.17) is 11.6 Å². The van der Waals surface area contributed by atoms with Crippen LogP contribution in [0.15, 0.2) is 12.4 Å². The Labute approximate surface area is 131 Å². The van der Waals surface area contributed by atoms with Gasteiger partial charge < -0.3 is 0 Å². The molecule has 0 bridgehead atoms. The molecule has 4 nitrogen and oxygen atoms in total. The predicted molar refractivity (Wildman–Crippen MR) is 84.2 cm³/mol. The van der Waals surface area contributed by atoms with E-state index in [1.807, 2.05) is 6.92 Å². The number of aromatic nitrogens is 4. The van der Waals surface area contributed by atoms with Crippen LogP contribution >= 0.6 is 34.2 Å². The molecular formula is C13H14ClIN4. The third kappa shape index (κ3) is 3.20. The van der Waals surface area contributed by atoms with Crippen LogP contribution in [0.5, 0.6) is 0 Å². The zero-order valence-electron chi connectivity index (χ0n) is 11.2. The van der Waals surface area contributed by atoms with Crippen LogP contribution in [-0.4, -0.2) is 19.9 Å². The third-order valence-corrected chi connectivity index (χ3v) is 4.12.